The van der Waals surface area contributed by atoms with Crippen molar-refractivity contribution in [1.82, 2.24) is 4.57 Å². The highest BCUT2D eigenvalue weighted by Crippen LogP contribution is 2.64. The summed E-state index contributed by atoms with van der Waals surface area (Å²) in [5.41, 5.74) is 24.3. The van der Waals surface area contributed by atoms with Gasteiger partial charge in [-0.1, -0.05) is 72.8 Å². The molecule has 2 atom stereocenters. The fourth-order valence-electron chi connectivity index (χ4n) is 8.53. The van der Waals surface area contributed by atoms with Gasteiger partial charge in [-0.15, -0.1) is 0 Å². The van der Waals surface area contributed by atoms with Crippen LogP contribution in [0.4, 0.5) is 22.7 Å². The van der Waals surface area contributed by atoms with Crippen molar-refractivity contribution in [3.05, 3.63) is 142 Å². The van der Waals surface area contributed by atoms with E-state index in [4.69, 9.17) is 20.3 Å². The summed E-state index contributed by atoms with van der Waals surface area (Å²) in [6.45, 7) is 6.55. The summed E-state index contributed by atoms with van der Waals surface area (Å²) in [5, 5.41) is 0.611. The van der Waals surface area contributed by atoms with E-state index in [1.165, 1.54) is 39.6 Å². The number of benzene rings is 4. The zero-order valence-electron chi connectivity index (χ0n) is 26.5. The summed E-state index contributed by atoms with van der Waals surface area (Å²) in [7, 11) is 0. The fraction of sp³-hybridized carbons (Fsp3) is 0.175. The van der Waals surface area contributed by atoms with E-state index in [2.05, 4.69) is 97.0 Å². The number of fused-ring (bicyclic) bond motifs is 11. The van der Waals surface area contributed by atoms with Gasteiger partial charge in [-0.05, 0) is 78.8 Å². The van der Waals surface area contributed by atoms with Gasteiger partial charge >= 0.3 is 0 Å². The zero-order chi connectivity index (χ0) is 32.2. The van der Waals surface area contributed by atoms with Crippen molar-refractivity contribution in [3.63, 3.8) is 0 Å². The van der Waals surface area contributed by atoms with Crippen LogP contribution in [0.2, 0.25) is 0 Å². The van der Waals surface area contributed by atoms with Crippen molar-refractivity contribution in [2.24, 2.45) is 0 Å². The third-order valence-electron chi connectivity index (χ3n) is 10.2. The first kappa shape index (κ1) is 27.6. The minimum atomic E-state index is -0.688. The molecule has 4 aromatic carbocycles. The first-order valence-electron chi connectivity index (χ1n) is 16.1. The number of nitrogen functional groups attached to an aromatic ring is 2. The van der Waals surface area contributed by atoms with Crippen LogP contribution in [0, 0.1) is 0 Å². The summed E-state index contributed by atoms with van der Waals surface area (Å²) < 4.78 is 14.5. The Labute approximate surface area is 271 Å². The van der Waals surface area contributed by atoms with Gasteiger partial charge < -0.3 is 29.8 Å². The zero-order valence-corrected chi connectivity index (χ0v) is 26.5. The molecule has 0 amide bonds. The van der Waals surface area contributed by atoms with E-state index < -0.39 is 5.41 Å². The third kappa shape index (κ3) is 3.43. The van der Waals surface area contributed by atoms with Crippen molar-refractivity contribution in [1.29, 1.82) is 0 Å². The molecule has 232 valence electrons. The van der Waals surface area contributed by atoms with Crippen LogP contribution in [0.1, 0.15) is 54.8 Å². The molecule has 0 radical (unpaired) electrons. The Balaban J connectivity index is 1.31. The lowest BCUT2D eigenvalue weighted by molar-refractivity contribution is 0.460. The van der Waals surface area contributed by atoms with Gasteiger partial charge in [0, 0.05) is 23.2 Å². The molecule has 7 heteroatoms. The van der Waals surface area contributed by atoms with Crippen LogP contribution in [0.3, 0.4) is 0 Å². The predicted octanol–water partition coefficient (Wildman–Crippen LogP) is 8.53. The SMILES string of the molecule is CC(C)N1c2ccccc2C2(c3ccccc3-c3c(CC(C)n4c5ccccc5c(=O)c5occ(N)c54)cccc32)c2occ(N)c21. The lowest BCUT2D eigenvalue weighted by Crippen LogP contribution is -2.39. The van der Waals surface area contributed by atoms with E-state index in [1.807, 2.05) is 24.3 Å². The van der Waals surface area contributed by atoms with Gasteiger partial charge in [0.2, 0.25) is 5.43 Å². The lowest BCUT2D eigenvalue weighted by Gasteiger charge is -2.43. The molecule has 1 aliphatic heterocycles. The van der Waals surface area contributed by atoms with E-state index in [9.17, 15) is 4.79 Å². The van der Waals surface area contributed by atoms with E-state index in [-0.39, 0.29) is 23.1 Å². The molecule has 1 aliphatic carbocycles. The molecule has 0 saturated heterocycles. The molecule has 3 aromatic heterocycles. The van der Waals surface area contributed by atoms with Crippen LogP contribution in [0.15, 0.2) is 117 Å². The molecule has 4 N–H and O–H groups in total. The van der Waals surface area contributed by atoms with Gasteiger partial charge in [0.25, 0.3) is 0 Å². The third-order valence-corrected chi connectivity index (χ3v) is 10.2. The molecular formula is C40H34N4O3. The highest BCUT2D eigenvalue weighted by molar-refractivity contribution is 5.97. The Morgan fingerprint density at radius 3 is 2.30 bits per heavy atom. The van der Waals surface area contributed by atoms with E-state index in [0.717, 1.165) is 22.7 Å². The van der Waals surface area contributed by atoms with Crippen molar-refractivity contribution in [2.45, 2.75) is 44.7 Å². The van der Waals surface area contributed by atoms with Crippen molar-refractivity contribution < 1.29 is 8.83 Å². The molecule has 0 saturated carbocycles. The number of hydrogen-bond acceptors (Lipinski definition) is 6. The van der Waals surface area contributed by atoms with Gasteiger partial charge in [0.15, 0.2) is 5.58 Å². The van der Waals surface area contributed by atoms with Gasteiger partial charge in [0.05, 0.1) is 16.9 Å². The molecule has 7 aromatic rings. The summed E-state index contributed by atoms with van der Waals surface area (Å²) in [6.07, 6.45) is 3.86. The fourth-order valence-corrected chi connectivity index (χ4v) is 8.53. The highest BCUT2D eigenvalue weighted by Gasteiger charge is 2.55. The standard InChI is InChI=1S/C40H34N4O3/c1-22(2)43-33-18-9-7-15-28(33)40(39-36(43)31(42)21-47-39)27-14-6-4-12-25(27)34-24(11-10-16-29(34)40)19-23(3)44-32-17-8-5-13-26(32)37(45)38-35(44)30(41)20-46-38/h4-18,20-23H,19,41-42H2,1-3H3. The lowest BCUT2D eigenvalue weighted by atomic mass is 9.67. The van der Waals surface area contributed by atoms with Gasteiger partial charge in [-0.2, -0.15) is 0 Å². The number of furan rings is 2. The highest BCUT2D eigenvalue weighted by atomic mass is 16.3. The second kappa shape index (κ2) is 9.66. The Kier molecular flexibility index (Phi) is 5.67. The average Bonchev–Trinajstić information content (AvgIpc) is 3.75. The first-order valence-corrected chi connectivity index (χ1v) is 16.1. The van der Waals surface area contributed by atoms with E-state index in [0.29, 0.717) is 28.7 Å². The largest absolute Gasteiger partial charge is 0.463 e. The molecular weight excluding hydrogens is 584 g/mol. The Hall–Kier alpha value is -5.69. The smallest absolute Gasteiger partial charge is 0.232 e. The molecule has 4 heterocycles. The van der Waals surface area contributed by atoms with Crippen LogP contribution >= 0.6 is 0 Å². The van der Waals surface area contributed by atoms with E-state index >= 15 is 0 Å². The summed E-state index contributed by atoms with van der Waals surface area (Å²) in [4.78, 5) is 15.7. The van der Waals surface area contributed by atoms with Crippen LogP contribution in [-0.4, -0.2) is 10.6 Å². The minimum Gasteiger partial charge on any atom is -0.463 e. The number of anilines is 4. The van der Waals surface area contributed by atoms with Gasteiger partial charge in [-0.3, -0.25) is 4.79 Å². The number of rotatable bonds is 4. The van der Waals surface area contributed by atoms with Crippen molar-refractivity contribution >= 4 is 44.8 Å². The normalized spacial score (nSPS) is 16.9. The van der Waals surface area contributed by atoms with E-state index in [1.54, 1.807) is 6.26 Å². The number of para-hydroxylation sites is 2. The summed E-state index contributed by atoms with van der Waals surface area (Å²) >= 11 is 0. The summed E-state index contributed by atoms with van der Waals surface area (Å²) in [6, 6.07) is 31.7. The number of aromatic nitrogens is 1. The maximum Gasteiger partial charge on any atom is 0.232 e. The average molecular weight is 619 g/mol. The molecule has 1 spiro atoms. The van der Waals surface area contributed by atoms with Crippen LogP contribution in [0.25, 0.3) is 33.1 Å². The Bertz CT molecular complexity index is 2470. The second-order valence-corrected chi connectivity index (χ2v) is 13.1. The first-order chi connectivity index (χ1) is 22.8. The molecule has 0 fully saturated rings. The molecule has 2 unspecified atom stereocenters. The topological polar surface area (TPSA) is 104 Å². The second-order valence-electron chi connectivity index (χ2n) is 13.1. The predicted molar refractivity (Wildman–Crippen MR) is 189 cm³/mol. The van der Waals surface area contributed by atoms with Gasteiger partial charge in [-0.25, -0.2) is 0 Å². The molecule has 9 rings (SSSR count). The number of pyridine rings is 1. The molecule has 7 nitrogen and oxygen atoms in total. The van der Waals surface area contributed by atoms with Gasteiger partial charge in [0.1, 0.15) is 34.9 Å². The van der Waals surface area contributed by atoms with Crippen LogP contribution in [-0.2, 0) is 11.8 Å². The Morgan fingerprint density at radius 2 is 1.47 bits per heavy atom. The van der Waals surface area contributed by atoms with Crippen molar-refractivity contribution in [3.8, 4) is 11.1 Å². The van der Waals surface area contributed by atoms with Crippen LogP contribution < -0.4 is 21.8 Å². The van der Waals surface area contributed by atoms with Crippen LogP contribution in [0.5, 0.6) is 0 Å². The molecule has 2 aliphatic rings. The minimum absolute atomic E-state index is 0.0667. The molecule has 0 bridgehead atoms. The molecule has 47 heavy (non-hydrogen) atoms. The maximum atomic E-state index is 13.4. The Morgan fingerprint density at radius 1 is 0.766 bits per heavy atom. The quantitative estimate of drug-likeness (QED) is 0.205. The number of nitrogens with zero attached hydrogens (tertiary/aromatic N) is 2. The van der Waals surface area contributed by atoms with Crippen molar-refractivity contribution in [2.75, 3.05) is 16.4 Å². The monoisotopic (exact) mass is 618 g/mol. The maximum absolute atomic E-state index is 13.4. The summed E-state index contributed by atoms with van der Waals surface area (Å²) in [5.74, 6) is 0.845. The number of hydrogen-bond donors (Lipinski definition) is 2. The number of nitrogens with two attached hydrogens (primary N) is 2.